The number of allylic oxidation sites excluding steroid dienone is 16. The van der Waals surface area contributed by atoms with Gasteiger partial charge in [-0.3, -0.25) is 0 Å². The van der Waals surface area contributed by atoms with Crippen molar-refractivity contribution in [3.05, 3.63) is 93.9 Å². The van der Waals surface area contributed by atoms with Crippen LogP contribution >= 0.6 is 0 Å². The van der Waals surface area contributed by atoms with Crippen LogP contribution in [0.2, 0.25) is 3.63 Å². The normalized spacial score (nSPS) is 53.2. The van der Waals surface area contributed by atoms with Crippen molar-refractivity contribution in [3.63, 3.8) is 0 Å². The molecule has 0 aromatic carbocycles. The van der Waals surface area contributed by atoms with Crippen LogP contribution in [0.25, 0.3) is 0 Å². The van der Waals surface area contributed by atoms with Crippen LogP contribution in [-0.4, -0.2) is 3.21 Å². The van der Waals surface area contributed by atoms with E-state index in [2.05, 4.69) is 144 Å². The molecule has 0 aliphatic heterocycles. The van der Waals surface area contributed by atoms with Gasteiger partial charge in [0.15, 0.2) is 0 Å². The van der Waals surface area contributed by atoms with Crippen molar-refractivity contribution in [3.8, 4) is 0 Å². The molecule has 250 valence electrons. The summed E-state index contributed by atoms with van der Waals surface area (Å²) >= 11 is -2.48. The van der Waals surface area contributed by atoms with Gasteiger partial charge >= 0.3 is 283 Å². The number of halogens is 2. The summed E-state index contributed by atoms with van der Waals surface area (Å²) in [6.07, 6.45) is 44.8. The van der Waals surface area contributed by atoms with E-state index in [1.807, 2.05) is 3.28 Å². The molecule has 10 rings (SSSR count). The molecule has 10 aliphatic carbocycles. The van der Waals surface area contributed by atoms with Crippen LogP contribution in [0.15, 0.2) is 93.9 Å². The van der Waals surface area contributed by atoms with Crippen molar-refractivity contribution in [1.29, 1.82) is 0 Å². The quantitative estimate of drug-likeness (QED) is 0.359. The van der Waals surface area contributed by atoms with Gasteiger partial charge < -0.3 is 24.8 Å². The van der Waals surface area contributed by atoms with Gasteiger partial charge in [-0.15, -0.1) is 0 Å². The molecule has 0 saturated heterocycles. The van der Waals surface area contributed by atoms with E-state index in [0.29, 0.717) is 5.92 Å². The summed E-state index contributed by atoms with van der Waals surface area (Å²) in [4.78, 5) is 0. The van der Waals surface area contributed by atoms with E-state index in [4.69, 9.17) is 0 Å². The molecule has 6 fully saturated rings. The Morgan fingerprint density at radius 3 is 1.70 bits per heavy atom. The third-order valence-electron chi connectivity index (χ3n) is 18.3. The van der Waals surface area contributed by atoms with Crippen LogP contribution in [0.1, 0.15) is 93.9 Å². The molecule has 3 heteroatoms. The van der Waals surface area contributed by atoms with Crippen molar-refractivity contribution >= 4 is 3.21 Å². The van der Waals surface area contributed by atoms with Crippen LogP contribution in [0.3, 0.4) is 0 Å². The molecule has 4 bridgehead atoms. The first-order valence-corrected chi connectivity index (χ1v) is 22.4. The maximum absolute atomic E-state index is 2.89. The minimum absolute atomic E-state index is 0. The Labute approximate surface area is 306 Å². The molecule has 9 unspecified atom stereocenters. The summed E-state index contributed by atoms with van der Waals surface area (Å²) < 4.78 is 4.89. The van der Waals surface area contributed by atoms with Crippen molar-refractivity contribution in [1.82, 2.24) is 0 Å². The van der Waals surface area contributed by atoms with E-state index < -0.39 is 21.3 Å². The second-order valence-electron chi connectivity index (χ2n) is 18.5. The second kappa shape index (κ2) is 10.6. The maximum atomic E-state index is 2.89. The molecule has 0 spiro atoms. The van der Waals surface area contributed by atoms with Gasteiger partial charge in [0.05, 0.1) is 0 Å². The molecule has 47 heavy (non-hydrogen) atoms. The fraction of sp³-hybridized carbons (Fsp3) is 0.614. The summed E-state index contributed by atoms with van der Waals surface area (Å²) in [5.74, 6) is 4.47. The molecule has 0 N–H and O–H groups in total. The van der Waals surface area contributed by atoms with Crippen LogP contribution in [0.5, 0.6) is 0 Å². The Morgan fingerprint density at radius 2 is 1.15 bits per heavy atom. The zero-order valence-corrected chi connectivity index (χ0v) is 34.0. The van der Waals surface area contributed by atoms with Gasteiger partial charge in [-0.05, 0) is 0 Å². The standard InChI is InChI=1S/C29H37.C10H14.C5H5.2ClH.Zr/c1-21-14-13-15-22-20-27(6)25(4)18-10-9-16-23(25,2)24(3)17-11-12-19-26(24,5)29(27,8)28(21,22)7;1-7-2-9-4-8(1)5-10(3-7)6-9;1-2-4-5-3-1;;;/h9-20,22H,1-8H3;7-10H,1-5H2;1-3H,4H2;2*1H;/q;;;;;+2/p-2. The zero-order valence-electron chi connectivity index (χ0n) is 30.0. The maximum Gasteiger partial charge on any atom is -1.00 e. The zero-order chi connectivity index (χ0) is 31.4. The SMILES string of the molecule is CC1=CC=CC2[CH]([Zr+2]([C]3=CC=CC3)=[C]3C4CC5CC(C4)CC3C5)C3(C)C4(C)C=CC=CC4(C)C4(C)C=CC=CC4(C)C3(C)C12C.[Cl-].[Cl-]. The molecule has 0 nitrogen and oxygen atoms in total. The smallest absolute Gasteiger partial charge is 1.00 e. The predicted octanol–water partition coefficient (Wildman–Crippen LogP) is 5.33. The first-order valence-electron chi connectivity index (χ1n) is 18.5. The Hall–Kier alpha value is -0.747. The molecule has 9 atom stereocenters. The largest absolute Gasteiger partial charge is 1.00 e. The van der Waals surface area contributed by atoms with Crippen LogP contribution in [0, 0.1) is 67.5 Å². The van der Waals surface area contributed by atoms with Crippen molar-refractivity contribution < 1.29 is 46.1 Å². The number of hydrogen-bond donors (Lipinski definition) is 0. The van der Waals surface area contributed by atoms with E-state index in [-0.39, 0.29) is 62.7 Å². The van der Waals surface area contributed by atoms with E-state index in [9.17, 15) is 0 Å². The number of fused-ring (bicyclic) bond motifs is 8. The first kappa shape index (κ1) is 34.7. The van der Waals surface area contributed by atoms with Crippen molar-refractivity contribution in [2.24, 2.45) is 67.5 Å². The Balaban J connectivity index is 0.00000176. The summed E-state index contributed by atoms with van der Waals surface area (Å²) in [6, 6.07) is 0. The summed E-state index contributed by atoms with van der Waals surface area (Å²) in [5, 5.41) is 0. The Morgan fingerprint density at radius 1 is 0.617 bits per heavy atom. The van der Waals surface area contributed by atoms with Gasteiger partial charge in [0.25, 0.3) is 0 Å². The van der Waals surface area contributed by atoms with E-state index in [1.54, 1.807) is 12.0 Å². The molecular weight excluding hydrogens is 691 g/mol. The molecule has 0 heterocycles. The average molecular weight is 747 g/mol. The fourth-order valence-corrected chi connectivity index (χ4v) is 28.0. The van der Waals surface area contributed by atoms with E-state index in [0.717, 1.165) is 27.3 Å². The summed E-state index contributed by atoms with van der Waals surface area (Å²) in [5.41, 5.74) is 1.83. The molecule has 0 aromatic rings. The van der Waals surface area contributed by atoms with Crippen molar-refractivity contribution in [2.45, 2.75) is 97.5 Å². The van der Waals surface area contributed by atoms with Gasteiger partial charge in [0.2, 0.25) is 0 Å². The molecular formula is C44H56Cl2Zr. The van der Waals surface area contributed by atoms with Gasteiger partial charge in [0.1, 0.15) is 0 Å². The van der Waals surface area contributed by atoms with Crippen LogP contribution in [0.4, 0.5) is 0 Å². The first-order chi connectivity index (χ1) is 21.3. The van der Waals surface area contributed by atoms with Crippen molar-refractivity contribution in [2.75, 3.05) is 0 Å². The van der Waals surface area contributed by atoms with E-state index in [1.165, 1.54) is 32.1 Å². The van der Waals surface area contributed by atoms with E-state index >= 15 is 0 Å². The predicted molar refractivity (Wildman–Crippen MR) is 187 cm³/mol. The molecule has 6 saturated carbocycles. The number of rotatable bonds is 2. The number of hydrogen-bond acceptors (Lipinski definition) is 0. The van der Waals surface area contributed by atoms with Gasteiger partial charge in [0, 0.05) is 0 Å². The van der Waals surface area contributed by atoms with Gasteiger partial charge in [-0.2, -0.15) is 0 Å². The monoisotopic (exact) mass is 744 g/mol. The Bertz CT molecular complexity index is 1650. The van der Waals surface area contributed by atoms with Gasteiger partial charge in [-0.25, -0.2) is 0 Å². The summed E-state index contributed by atoms with van der Waals surface area (Å²) in [6.45, 7) is 21.8. The molecule has 0 aromatic heterocycles. The second-order valence-corrected chi connectivity index (χ2v) is 25.1. The topological polar surface area (TPSA) is 0 Å². The third kappa shape index (κ3) is 3.51. The fourth-order valence-electron chi connectivity index (χ4n) is 15.6. The van der Waals surface area contributed by atoms with Crippen LogP contribution < -0.4 is 24.8 Å². The third-order valence-corrected chi connectivity index (χ3v) is 28.2. The molecule has 10 aliphatic rings. The average Bonchev–Trinajstić information content (AvgIpc) is 3.59. The van der Waals surface area contributed by atoms with Gasteiger partial charge in [-0.1, -0.05) is 0 Å². The van der Waals surface area contributed by atoms with Crippen LogP contribution in [-0.2, 0) is 21.3 Å². The minimum Gasteiger partial charge on any atom is -1.00 e. The minimum atomic E-state index is -2.48. The molecule has 0 radical (unpaired) electrons. The summed E-state index contributed by atoms with van der Waals surface area (Å²) in [7, 11) is 0. The Kier molecular flexibility index (Phi) is 7.86. The molecule has 0 amide bonds.